The molecule has 0 fully saturated rings. The van der Waals surface area contributed by atoms with Gasteiger partial charge in [0.1, 0.15) is 5.52 Å². The molecule has 0 N–H and O–H groups in total. The Morgan fingerprint density at radius 3 is 2.81 bits per heavy atom. The van der Waals surface area contributed by atoms with E-state index in [9.17, 15) is 4.79 Å². The van der Waals surface area contributed by atoms with Crippen LogP contribution in [0.3, 0.4) is 0 Å². The summed E-state index contributed by atoms with van der Waals surface area (Å²) >= 11 is 5.93. The van der Waals surface area contributed by atoms with Gasteiger partial charge in [-0.25, -0.2) is 0 Å². The summed E-state index contributed by atoms with van der Waals surface area (Å²) in [6.45, 7) is 0.529. The first-order valence-corrected chi connectivity index (χ1v) is 7.05. The van der Waals surface area contributed by atoms with Gasteiger partial charge in [0.05, 0.1) is 17.7 Å². The first-order chi connectivity index (χ1) is 10.3. The molecule has 3 aromatic rings. The second-order valence-corrected chi connectivity index (χ2v) is 5.33. The van der Waals surface area contributed by atoms with Crippen LogP contribution in [0.5, 0.6) is 5.75 Å². The number of ether oxygens (including phenoxy) is 1. The number of nitrogens with zero attached hydrogens (tertiary/aromatic N) is 2. The zero-order valence-electron chi connectivity index (χ0n) is 11.0. The third-order valence-electron chi connectivity index (χ3n) is 3.66. The van der Waals surface area contributed by atoms with Gasteiger partial charge in [-0.05, 0) is 36.4 Å². The summed E-state index contributed by atoms with van der Waals surface area (Å²) in [6, 6.07) is 10.9. The minimum absolute atomic E-state index is 0.0506. The van der Waals surface area contributed by atoms with Gasteiger partial charge in [0, 0.05) is 23.3 Å². The first-order valence-electron chi connectivity index (χ1n) is 6.67. The zero-order valence-corrected chi connectivity index (χ0v) is 11.8. The van der Waals surface area contributed by atoms with Crippen molar-refractivity contribution in [2.24, 2.45) is 0 Å². The fraction of sp³-hybridized carbons (Fsp3) is 0.125. The topological polar surface area (TPSA) is 44.1 Å². The normalized spacial score (nSPS) is 13.2. The third kappa shape index (κ3) is 1.83. The molecule has 0 radical (unpaired) electrons. The molecular formula is C16H11ClN2O2. The SMILES string of the molecule is O=c1c2c(c3ncccc3n1-c1ccc(Cl)cc1)OCC2. The van der Waals surface area contributed by atoms with Crippen molar-refractivity contribution in [1.29, 1.82) is 0 Å². The van der Waals surface area contributed by atoms with E-state index in [4.69, 9.17) is 16.3 Å². The lowest BCUT2D eigenvalue weighted by atomic mass is 10.1. The van der Waals surface area contributed by atoms with E-state index in [0.717, 1.165) is 16.7 Å². The second-order valence-electron chi connectivity index (χ2n) is 4.89. The molecule has 2 aromatic heterocycles. The largest absolute Gasteiger partial charge is 0.490 e. The molecule has 104 valence electrons. The number of fused-ring (bicyclic) bond motifs is 3. The lowest BCUT2D eigenvalue weighted by Crippen LogP contribution is -2.22. The molecule has 0 aliphatic carbocycles. The van der Waals surface area contributed by atoms with Crippen LogP contribution in [-0.2, 0) is 6.42 Å². The quantitative estimate of drug-likeness (QED) is 0.694. The summed E-state index contributed by atoms with van der Waals surface area (Å²) in [5, 5.41) is 0.638. The number of pyridine rings is 2. The maximum atomic E-state index is 12.8. The summed E-state index contributed by atoms with van der Waals surface area (Å²) < 4.78 is 7.28. The van der Waals surface area contributed by atoms with E-state index in [-0.39, 0.29) is 5.56 Å². The standard InChI is InChI=1S/C16H11ClN2O2/c17-10-3-5-11(6-4-10)19-13-2-1-8-18-14(13)15-12(16(19)20)7-9-21-15/h1-6,8H,7,9H2. The number of hydrogen-bond donors (Lipinski definition) is 0. The van der Waals surface area contributed by atoms with Crippen molar-refractivity contribution < 1.29 is 4.74 Å². The maximum absolute atomic E-state index is 12.8. The van der Waals surface area contributed by atoms with E-state index in [2.05, 4.69) is 4.98 Å². The van der Waals surface area contributed by atoms with Gasteiger partial charge in [-0.3, -0.25) is 14.3 Å². The van der Waals surface area contributed by atoms with Gasteiger partial charge in [0.25, 0.3) is 5.56 Å². The Morgan fingerprint density at radius 2 is 2.00 bits per heavy atom. The fourth-order valence-electron chi connectivity index (χ4n) is 2.71. The Hall–Kier alpha value is -2.33. The highest BCUT2D eigenvalue weighted by Gasteiger charge is 2.23. The molecule has 1 aromatic carbocycles. The molecule has 4 nitrogen and oxygen atoms in total. The average molecular weight is 299 g/mol. The highest BCUT2D eigenvalue weighted by Crippen LogP contribution is 2.31. The van der Waals surface area contributed by atoms with E-state index in [0.29, 0.717) is 29.4 Å². The molecule has 0 atom stereocenters. The van der Waals surface area contributed by atoms with Gasteiger partial charge in [-0.15, -0.1) is 0 Å². The monoisotopic (exact) mass is 298 g/mol. The lowest BCUT2D eigenvalue weighted by Gasteiger charge is -2.12. The molecule has 5 heteroatoms. The highest BCUT2D eigenvalue weighted by molar-refractivity contribution is 6.30. The molecular weight excluding hydrogens is 288 g/mol. The predicted octanol–water partition coefficient (Wildman–Crippen LogP) is 2.97. The fourth-order valence-corrected chi connectivity index (χ4v) is 2.84. The molecule has 0 unspecified atom stereocenters. The third-order valence-corrected chi connectivity index (χ3v) is 3.91. The minimum atomic E-state index is -0.0506. The Morgan fingerprint density at radius 1 is 1.19 bits per heavy atom. The zero-order chi connectivity index (χ0) is 14.4. The number of halogens is 1. The van der Waals surface area contributed by atoms with Gasteiger partial charge in [-0.2, -0.15) is 0 Å². The van der Waals surface area contributed by atoms with Gasteiger partial charge in [-0.1, -0.05) is 11.6 Å². The smallest absolute Gasteiger partial charge is 0.262 e. The highest BCUT2D eigenvalue weighted by atomic mass is 35.5. The van der Waals surface area contributed by atoms with E-state index in [1.54, 1.807) is 22.9 Å². The van der Waals surface area contributed by atoms with Gasteiger partial charge in [0.15, 0.2) is 5.75 Å². The van der Waals surface area contributed by atoms with Crippen molar-refractivity contribution in [1.82, 2.24) is 9.55 Å². The lowest BCUT2D eigenvalue weighted by molar-refractivity contribution is 0.359. The predicted molar refractivity (Wildman–Crippen MR) is 81.5 cm³/mol. The summed E-state index contributed by atoms with van der Waals surface area (Å²) in [6.07, 6.45) is 2.33. The van der Waals surface area contributed by atoms with Crippen LogP contribution in [0.25, 0.3) is 16.7 Å². The van der Waals surface area contributed by atoms with Crippen LogP contribution in [0.1, 0.15) is 5.56 Å². The Labute approximate surface area is 125 Å². The number of benzene rings is 1. The Kier molecular flexibility index (Phi) is 2.72. The van der Waals surface area contributed by atoms with Gasteiger partial charge >= 0.3 is 0 Å². The Bertz CT molecular complexity index is 901. The van der Waals surface area contributed by atoms with E-state index in [1.165, 1.54) is 0 Å². The van der Waals surface area contributed by atoms with Crippen LogP contribution in [0.4, 0.5) is 0 Å². The molecule has 0 spiro atoms. The molecule has 0 saturated heterocycles. The summed E-state index contributed by atoms with van der Waals surface area (Å²) in [4.78, 5) is 17.2. The minimum Gasteiger partial charge on any atom is -0.490 e. The molecule has 1 aliphatic heterocycles. The number of hydrogen-bond acceptors (Lipinski definition) is 3. The van der Waals surface area contributed by atoms with Crippen LogP contribution >= 0.6 is 11.6 Å². The van der Waals surface area contributed by atoms with Crippen LogP contribution in [0.2, 0.25) is 5.02 Å². The van der Waals surface area contributed by atoms with Crippen LogP contribution in [0.15, 0.2) is 47.4 Å². The van der Waals surface area contributed by atoms with E-state index < -0.39 is 0 Å². The van der Waals surface area contributed by atoms with Gasteiger partial charge in [0.2, 0.25) is 0 Å². The van der Waals surface area contributed by atoms with Gasteiger partial charge < -0.3 is 4.74 Å². The van der Waals surface area contributed by atoms with E-state index >= 15 is 0 Å². The molecule has 0 bridgehead atoms. The number of aromatic nitrogens is 2. The molecule has 1 aliphatic rings. The molecule has 3 heterocycles. The molecule has 0 amide bonds. The number of rotatable bonds is 1. The van der Waals surface area contributed by atoms with Crippen LogP contribution in [-0.4, -0.2) is 16.2 Å². The summed E-state index contributed by atoms with van der Waals surface area (Å²) in [7, 11) is 0. The molecule has 0 saturated carbocycles. The Balaban J connectivity index is 2.14. The summed E-state index contributed by atoms with van der Waals surface area (Å²) in [5.74, 6) is 0.626. The van der Waals surface area contributed by atoms with Crippen molar-refractivity contribution in [3.05, 3.63) is 63.5 Å². The first kappa shape index (κ1) is 12.4. The second kappa shape index (κ2) is 4.60. The van der Waals surface area contributed by atoms with E-state index in [1.807, 2.05) is 24.3 Å². The van der Waals surface area contributed by atoms with Crippen molar-refractivity contribution in [3.8, 4) is 11.4 Å². The van der Waals surface area contributed by atoms with Crippen LogP contribution in [0, 0.1) is 0 Å². The molecule has 21 heavy (non-hydrogen) atoms. The summed E-state index contributed by atoms with van der Waals surface area (Å²) in [5.41, 5.74) is 2.88. The van der Waals surface area contributed by atoms with Crippen molar-refractivity contribution in [2.45, 2.75) is 6.42 Å². The average Bonchev–Trinajstić information content (AvgIpc) is 2.99. The van der Waals surface area contributed by atoms with Crippen molar-refractivity contribution in [2.75, 3.05) is 6.61 Å². The molecule has 4 rings (SSSR count). The van der Waals surface area contributed by atoms with Crippen molar-refractivity contribution in [3.63, 3.8) is 0 Å². The van der Waals surface area contributed by atoms with Crippen molar-refractivity contribution >= 4 is 22.6 Å². The maximum Gasteiger partial charge on any atom is 0.262 e. The van der Waals surface area contributed by atoms with Crippen LogP contribution < -0.4 is 10.3 Å².